The first-order chi connectivity index (χ1) is 10.1. The highest BCUT2D eigenvalue weighted by Gasteiger charge is 2.20. The maximum Gasteiger partial charge on any atom is 0.127 e. The molecule has 0 aliphatic heterocycles. The molecule has 0 fully saturated rings. The van der Waals surface area contributed by atoms with Gasteiger partial charge in [-0.05, 0) is 12.0 Å². The summed E-state index contributed by atoms with van der Waals surface area (Å²) < 4.78 is 24.1. The Hall–Kier alpha value is -1.01. The third kappa shape index (κ3) is 6.09. The molecule has 1 aromatic rings. The average Bonchev–Trinajstić information content (AvgIpc) is 2.49. The zero-order valence-corrected chi connectivity index (χ0v) is 13.2. The van der Waals surface area contributed by atoms with Crippen molar-refractivity contribution in [1.82, 2.24) is 4.90 Å². The van der Waals surface area contributed by atoms with Crippen molar-refractivity contribution in [1.29, 1.82) is 0 Å². The van der Waals surface area contributed by atoms with Gasteiger partial charge in [-0.2, -0.15) is 0 Å². The van der Waals surface area contributed by atoms with Gasteiger partial charge >= 0.3 is 0 Å². The Labute approximate surface area is 127 Å². The molecular formula is C16H27FN2O2. The smallest absolute Gasteiger partial charge is 0.127 e. The summed E-state index contributed by atoms with van der Waals surface area (Å²) in [6, 6.07) is 6.39. The summed E-state index contributed by atoms with van der Waals surface area (Å²) in [7, 11) is 3.37. The van der Waals surface area contributed by atoms with E-state index in [0.717, 1.165) is 19.6 Å². The van der Waals surface area contributed by atoms with Crippen LogP contribution in [0.5, 0.6) is 0 Å². The predicted octanol–water partition coefficient (Wildman–Crippen LogP) is 2.06. The maximum absolute atomic E-state index is 13.8. The Morgan fingerprint density at radius 2 is 1.71 bits per heavy atom. The van der Waals surface area contributed by atoms with Gasteiger partial charge in [-0.25, -0.2) is 4.39 Å². The van der Waals surface area contributed by atoms with Crippen molar-refractivity contribution in [3.05, 3.63) is 35.6 Å². The molecule has 0 aliphatic rings. The molecule has 5 heteroatoms. The van der Waals surface area contributed by atoms with Crippen LogP contribution in [0, 0.1) is 11.7 Å². The lowest BCUT2D eigenvalue weighted by Crippen LogP contribution is -2.37. The van der Waals surface area contributed by atoms with E-state index >= 15 is 0 Å². The Kier molecular flexibility index (Phi) is 8.45. The largest absolute Gasteiger partial charge is 0.383 e. The fourth-order valence-corrected chi connectivity index (χ4v) is 2.31. The standard InChI is InChI=1S/C16H27FN2O2/c1-13(12-19(8-10-20-2)9-11-21-3)16(18)14-6-4-5-7-15(14)17/h4-7,13,16H,8-12,18H2,1-3H3. The average molecular weight is 298 g/mol. The second kappa shape index (κ2) is 9.84. The molecule has 0 saturated carbocycles. The van der Waals surface area contributed by atoms with Crippen molar-refractivity contribution >= 4 is 0 Å². The van der Waals surface area contributed by atoms with Gasteiger partial charge in [0.15, 0.2) is 0 Å². The third-order valence-electron chi connectivity index (χ3n) is 3.65. The molecule has 2 unspecified atom stereocenters. The number of ether oxygens (including phenoxy) is 2. The van der Waals surface area contributed by atoms with Gasteiger partial charge in [0.05, 0.1) is 13.2 Å². The Balaban J connectivity index is 2.62. The molecule has 2 N–H and O–H groups in total. The van der Waals surface area contributed by atoms with Crippen LogP contribution in [0.3, 0.4) is 0 Å². The molecular weight excluding hydrogens is 271 g/mol. The van der Waals surface area contributed by atoms with Gasteiger partial charge in [-0.15, -0.1) is 0 Å². The van der Waals surface area contributed by atoms with E-state index in [1.54, 1.807) is 26.4 Å². The lowest BCUT2D eigenvalue weighted by Gasteiger charge is -2.28. The summed E-state index contributed by atoms with van der Waals surface area (Å²) >= 11 is 0. The van der Waals surface area contributed by atoms with Crippen molar-refractivity contribution in [2.24, 2.45) is 11.7 Å². The van der Waals surface area contributed by atoms with Crippen molar-refractivity contribution in [2.45, 2.75) is 13.0 Å². The number of methoxy groups -OCH3 is 2. The van der Waals surface area contributed by atoms with E-state index in [-0.39, 0.29) is 17.8 Å². The van der Waals surface area contributed by atoms with Crippen LogP contribution in [0.25, 0.3) is 0 Å². The molecule has 4 nitrogen and oxygen atoms in total. The number of rotatable bonds is 10. The number of hydrogen-bond acceptors (Lipinski definition) is 4. The summed E-state index contributed by atoms with van der Waals surface area (Å²) in [6.45, 7) is 5.77. The number of nitrogens with two attached hydrogens (primary N) is 1. The lowest BCUT2D eigenvalue weighted by atomic mass is 9.94. The maximum atomic E-state index is 13.8. The van der Waals surface area contributed by atoms with Gasteiger partial charge in [0.1, 0.15) is 5.82 Å². The molecule has 0 bridgehead atoms. The molecule has 1 aromatic carbocycles. The molecule has 0 heterocycles. The molecule has 0 aliphatic carbocycles. The van der Waals surface area contributed by atoms with Crippen LogP contribution in [0.4, 0.5) is 4.39 Å². The number of benzene rings is 1. The molecule has 120 valence electrons. The molecule has 1 rings (SSSR count). The van der Waals surface area contributed by atoms with Crippen molar-refractivity contribution in [3.8, 4) is 0 Å². The second-order valence-corrected chi connectivity index (χ2v) is 5.31. The minimum atomic E-state index is -0.321. The summed E-state index contributed by atoms with van der Waals surface area (Å²) in [6.07, 6.45) is 0. The summed E-state index contributed by atoms with van der Waals surface area (Å²) in [5.41, 5.74) is 6.79. The summed E-state index contributed by atoms with van der Waals surface area (Å²) in [5.74, 6) is -0.104. The summed E-state index contributed by atoms with van der Waals surface area (Å²) in [4.78, 5) is 2.23. The SMILES string of the molecule is COCCN(CCOC)CC(C)C(N)c1ccccc1F. The van der Waals surface area contributed by atoms with Crippen molar-refractivity contribution < 1.29 is 13.9 Å². The normalized spacial score (nSPS) is 14.4. The fraction of sp³-hybridized carbons (Fsp3) is 0.625. The van der Waals surface area contributed by atoms with E-state index in [1.165, 1.54) is 6.07 Å². The number of nitrogens with zero attached hydrogens (tertiary/aromatic N) is 1. The first-order valence-corrected chi connectivity index (χ1v) is 7.30. The van der Waals surface area contributed by atoms with E-state index in [1.807, 2.05) is 13.0 Å². The lowest BCUT2D eigenvalue weighted by molar-refractivity contribution is 0.102. The highest BCUT2D eigenvalue weighted by molar-refractivity contribution is 5.21. The van der Waals surface area contributed by atoms with Gasteiger partial charge in [0, 0.05) is 45.5 Å². The van der Waals surface area contributed by atoms with Gasteiger partial charge in [0.2, 0.25) is 0 Å². The topological polar surface area (TPSA) is 47.7 Å². The van der Waals surface area contributed by atoms with Crippen LogP contribution in [-0.4, -0.2) is 52.0 Å². The van der Waals surface area contributed by atoms with Gasteiger partial charge < -0.3 is 15.2 Å². The quantitative estimate of drug-likeness (QED) is 0.718. The van der Waals surface area contributed by atoms with E-state index in [9.17, 15) is 4.39 Å². The first kappa shape index (κ1) is 18.0. The molecule has 0 amide bonds. The zero-order chi connectivity index (χ0) is 15.7. The van der Waals surface area contributed by atoms with E-state index in [4.69, 9.17) is 15.2 Å². The highest BCUT2D eigenvalue weighted by atomic mass is 19.1. The Bertz CT molecular complexity index is 396. The summed E-state index contributed by atoms with van der Waals surface area (Å²) in [5, 5.41) is 0. The van der Waals surface area contributed by atoms with Gasteiger partial charge in [0.25, 0.3) is 0 Å². The van der Waals surface area contributed by atoms with E-state index in [2.05, 4.69) is 4.90 Å². The van der Waals surface area contributed by atoms with E-state index in [0.29, 0.717) is 18.8 Å². The Morgan fingerprint density at radius 1 is 1.14 bits per heavy atom. The molecule has 0 radical (unpaired) electrons. The zero-order valence-electron chi connectivity index (χ0n) is 13.2. The van der Waals surface area contributed by atoms with Gasteiger partial charge in [-0.1, -0.05) is 25.1 Å². The minimum Gasteiger partial charge on any atom is -0.383 e. The fourth-order valence-electron chi connectivity index (χ4n) is 2.31. The van der Waals surface area contributed by atoms with Crippen LogP contribution in [-0.2, 0) is 9.47 Å². The third-order valence-corrected chi connectivity index (χ3v) is 3.65. The highest BCUT2D eigenvalue weighted by Crippen LogP contribution is 2.22. The second-order valence-electron chi connectivity index (χ2n) is 5.31. The number of hydrogen-bond donors (Lipinski definition) is 1. The van der Waals surface area contributed by atoms with Crippen LogP contribution < -0.4 is 5.73 Å². The van der Waals surface area contributed by atoms with Crippen molar-refractivity contribution in [2.75, 3.05) is 47.1 Å². The minimum absolute atomic E-state index is 0.135. The monoisotopic (exact) mass is 298 g/mol. The molecule has 0 aromatic heterocycles. The van der Waals surface area contributed by atoms with E-state index < -0.39 is 0 Å². The molecule has 2 atom stereocenters. The Morgan fingerprint density at radius 3 is 2.24 bits per heavy atom. The molecule has 0 saturated heterocycles. The van der Waals surface area contributed by atoms with Crippen molar-refractivity contribution in [3.63, 3.8) is 0 Å². The molecule has 0 spiro atoms. The van der Waals surface area contributed by atoms with Crippen LogP contribution in [0.1, 0.15) is 18.5 Å². The molecule has 21 heavy (non-hydrogen) atoms. The first-order valence-electron chi connectivity index (χ1n) is 7.30. The van der Waals surface area contributed by atoms with Crippen LogP contribution in [0.2, 0.25) is 0 Å². The number of halogens is 1. The van der Waals surface area contributed by atoms with Gasteiger partial charge in [-0.3, -0.25) is 4.90 Å². The van der Waals surface area contributed by atoms with Crippen LogP contribution in [0.15, 0.2) is 24.3 Å². The van der Waals surface area contributed by atoms with Crippen LogP contribution >= 0.6 is 0 Å². The predicted molar refractivity (Wildman–Crippen MR) is 82.7 cm³/mol.